The Labute approximate surface area is 143 Å². The summed E-state index contributed by atoms with van der Waals surface area (Å²) in [5.41, 5.74) is 1.89. The van der Waals surface area contributed by atoms with Crippen molar-refractivity contribution in [3.8, 4) is 0 Å². The van der Waals surface area contributed by atoms with Crippen LogP contribution in [0.3, 0.4) is 0 Å². The summed E-state index contributed by atoms with van der Waals surface area (Å²) < 4.78 is 5.28. The maximum Gasteiger partial charge on any atom is 0.407 e. The van der Waals surface area contributed by atoms with Crippen molar-refractivity contribution < 1.29 is 9.53 Å². The van der Waals surface area contributed by atoms with E-state index in [2.05, 4.69) is 22.8 Å². The van der Waals surface area contributed by atoms with Crippen molar-refractivity contribution in [2.75, 3.05) is 18.1 Å². The number of nitrogens with one attached hydrogen (secondary N) is 2. The third-order valence-electron chi connectivity index (χ3n) is 3.71. The van der Waals surface area contributed by atoms with Gasteiger partial charge in [-0.15, -0.1) is 0 Å². The highest BCUT2D eigenvalue weighted by Crippen LogP contribution is 2.22. The highest BCUT2D eigenvalue weighted by molar-refractivity contribution is 7.99. The van der Waals surface area contributed by atoms with Gasteiger partial charge in [0.1, 0.15) is 5.60 Å². The molecule has 1 amide bonds. The van der Waals surface area contributed by atoms with Crippen LogP contribution in [0.2, 0.25) is 0 Å². The molecule has 2 rings (SSSR count). The minimum Gasteiger partial charge on any atom is -0.444 e. The van der Waals surface area contributed by atoms with Gasteiger partial charge < -0.3 is 15.4 Å². The molecule has 128 valence electrons. The maximum absolute atomic E-state index is 11.8. The first-order chi connectivity index (χ1) is 10.9. The molecule has 1 atom stereocenters. The van der Waals surface area contributed by atoms with Gasteiger partial charge in [-0.05, 0) is 62.3 Å². The third-order valence-corrected chi connectivity index (χ3v) is 4.94. The molecule has 1 aromatic rings. The first-order valence-electron chi connectivity index (χ1n) is 8.26. The fourth-order valence-electron chi connectivity index (χ4n) is 2.54. The smallest absolute Gasteiger partial charge is 0.407 e. The number of carbonyl (C=O) groups is 1. The lowest BCUT2D eigenvalue weighted by atomic mass is 10.1. The van der Waals surface area contributed by atoms with Crippen LogP contribution < -0.4 is 10.6 Å². The van der Waals surface area contributed by atoms with Crippen LogP contribution in [-0.4, -0.2) is 29.7 Å². The predicted octanol–water partition coefficient (Wildman–Crippen LogP) is 3.55. The van der Waals surface area contributed by atoms with Gasteiger partial charge in [0, 0.05) is 13.1 Å². The Morgan fingerprint density at radius 3 is 2.57 bits per heavy atom. The van der Waals surface area contributed by atoms with Gasteiger partial charge in [-0.1, -0.05) is 24.3 Å². The van der Waals surface area contributed by atoms with Crippen LogP contribution in [0.15, 0.2) is 24.3 Å². The highest BCUT2D eigenvalue weighted by atomic mass is 32.2. The van der Waals surface area contributed by atoms with E-state index in [-0.39, 0.29) is 6.09 Å². The molecule has 0 saturated carbocycles. The van der Waals surface area contributed by atoms with Gasteiger partial charge >= 0.3 is 6.09 Å². The van der Waals surface area contributed by atoms with E-state index in [1.807, 2.05) is 44.7 Å². The zero-order valence-corrected chi connectivity index (χ0v) is 15.2. The molecular formula is C18H28N2O2S. The largest absolute Gasteiger partial charge is 0.444 e. The van der Waals surface area contributed by atoms with Crippen LogP contribution in [-0.2, 0) is 17.8 Å². The lowest BCUT2D eigenvalue weighted by Gasteiger charge is -2.20. The van der Waals surface area contributed by atoms with Crippen LogP contribution in [0.25, 0.3) is 0 Å². The summed E-state index contributed by atoms with van der Waals surface area (Å²) in [7, 11) is 0. The number of hydrogen-bond acceptors (Lipinski definition) is 4. The molecule has 1 aliphatic heterocycles. The number of benzene rings is 1. The van der Waals surface area contributed by atoms with Crippen molar-refractivity contribution in [3.63, 3.8) is 0 Å². The highest BCUT2D eigenvalue weighted by Gasteiger charge is 2.17. The molecule has 0 aliphatic carbocycles. The molecule has 4 nitrogen and oxygen atoms in total. The molecule has 0 aromatic heterocycles. The van der Waals surface area contributed by atoms with E-state index in [4.69, 9.17) is 4.74 Å². The minimum absolute atomic E-state index is 0.372. The molecule has 1 aliphatic rings. The standard InChI is InChI=1S/C18H28N2O2S/c1-18(2,3)22-17(21)20-12-16-7-5-4-6-15(16)11-19-10-14-8-9-23-13-14/h4-7,14,19H,8-13H2,1-3H3,(H,20,21). The summed E-state index contributed by atoms with van der Waals surface area (Å²) in [6.45, 7) is 8.00. The number of rotatable bonds is 6. The molecule has 0 spiro atoms. The molecule has 1 saturated heterocycles. The Kier molecular flexibility index (Phi) is 6.78. The van der Waals surface area contributed by atoms with Gasteiger partial charge in [0.25, 0.3) is 0 Å². The number of amides is 1. The van der Waals surface area contributed by atoms with Crippen molar-refractivity contribution in [1.82, 2.24) is 10.6 Å². The fraction of sp³-hybridized carbons (Fsp3) is 0.611. The second-order valence-corrected chi connectivity index (χ2v) is 8.13. The average molecular weight is 337 g/mol. The van der Waals surface area contributed by atoms with E-state index >= 15 is 0 Å². The van der Waals surface area contributed by atoms with Crippen molar-refractivity contribution >= 4 is 17.9 Å². The van der Waals surface area contributed by atoms with Gasteiger partial charge in [0.15, 0.2) is 0 Å². The number of ether oxygens (including phenoxy) is 1. The lowest BCUT2D eigenvalue weighted by Crippen LogP contribution is -2.32. The Bertz CT molecular complexity index is 508. The van der Waals surface area contributed by atoms with E-state index in [1.54, 1.807) is 0 Å². The topological polar surface area (TPSA) is 50.4 Å². The number of thioether (sulfide) groups is 1. The summed E-state index contributed by atoms with van der Waals surface area (Å²) >= 11 is 2.05. The van der Waals surface area contributed by atoms with Gasteiger partial charge in [0.05, 0.1) is 0 Å². The number of hydrogen-bond donors (Lipinski definition) is 2. The minimum atomic E-state index is -0.468. The second kappa shape index (κ2) is 8.60. The summed E-state index contributed by atoms with van der Waals surface area (Å²) in [5, 5.41) is 6.39. The SMILES string of the molecule is CC(C)(C)OC(=O)NCc1ccccc1CNCC1CCSC1. The maximum atomic E-state index is 11.8. The van der Waals surface area contributed by atoms with Crippen LogP contribution in [0.5, 0.6) is 0 Å². The number of alkyl carbamates (subject to hydrolysis) is 1. The third kappa shape index (κ3) is 6.83. The Hall–Kier alpha value is -1.20. The lowest BCUT2D eigenvalue weighted by molar-refractivity contribution is 0.0523. The Morgan fingerprint density at radius 2 is 1.96 bits per heavy atom. The van der Waals surface area contributed by atoms with E-state index in [1.165, 1.54) is 23.5 Å². The van der Waals surface area contributed by atoms with Crippen LogP contribution in [0.1, 0.15) is 38.3 Å². The van der Waals surface area contributed by atoms with Gasteiger partial charge in [-0.25, -0.2) is 4.79 Å². The Morgan fingerprint density at radius 1 is 1.26 bits per heavy atom. The zero-order chi connectivity index (χ0) is 16.7. The summed E-state index contributed by atoms with van der Waals surface area (Å²) in [6.07, 6.45) is 0.947. The van der Waals surface area contributed by atoms with Crippen molar-refractivity contribution in [2.45, 2.75) is 45.9 Å². The molecule has 1 unspecified atom stereocenters. The van der Waals surface area contributed by atoms with Crippen LogP contribution >= 0.6 is 11.8 Å². The van der Waals surface area contributed by atoms with Gasteiger partial charge in [-0.2, -0.15) is 11.8 Å². The molecular weight excluding hydrogens is 308 g/mol. The molecule has 2 N–H and O–H groups in total. The first kappa shape index (κ1) is 18.1. The van der Waals surface area contributed by atoms with Crippen molar-refractivity contribution in [3.05, 3.63) is 35.4 Å². The monoisotopic (exact) mass is 336 g/mol. The predicted molar refractivity (Wildman–Crippen MR) is 96.7 cm³/mol. The van der Waals surface area contributed by atoms with E-state index in [0.29, 0.717) is 6.54 Å². The fourth-order valence-corrected chi connectivity index (χ4v) is 3.82. The molecule has 23 heavy (non-hydrogen) atoms. The van der Waals surface area contributed by atoms with Gasteiger partial charge in [0.2, 0.25) is 0 Å². The quantitative estimate of drug-likeness (QED) is 0.834. The summed E-state index contributed by atoms with van der Waals surface area (Å²) in [5.74, 6) is 3.37. The van der Waals surface area contributed by atoms with E-state index in [9.17, 15) is 4.79 Å². The summed E-state index contributed by atoms with van der Waals surface area (Å²) in [6, 6.07) is 8.21. The molecule has 1 aromatic carbocycles. The molecule has 0 bridgehead atoms. The van der Waals surface area contributed by atoms with Crippen molar-refractivity contribution in [2.24, 2.45) is 5.92 Å². The van der Waals surface area contributed by atoms with Crippen LogP contribution in [0, 0.1) is 5.92 Å². The summed E-state index contributed by atoms with van der Waals surface area (Å²) in [4.78, 5) is 11.8. The van der Waals surface area contributed by atoms with Gasteiger partial charge in [-0.3, -0.25) is 0 Å². The number of carbonyl (C=O) groups excluding carboxylic acids is 1. The van der Waals surface area contributed by atoms with Crippen molar-refractivity contribution in [1.29, 1.82) is 0 Å². The molecule has 0 radical (unpaired) electrons. The normalized spacial score (nSPS) is 18.0. The van der Waals surface area contributed by atoms with E-state index < -0.39 is 5.60 Å². The first-order valence-corrected chi connectivity index (χ1v) is 9.41. The second-order valence-electron chi connectivity index (χ2n) is 6.98. The molecule has 5 heteroatoms. The zero-order valence-electron chi connectivity index (χ0n) is 14.4. The molecule has 1 heterocycles. The van der Waals surface area contributed by atoms with E-state index in [0.717, 1.165) is 24.6 Å². The van der Waals surface area contributed by atoms with Crippen LogP contribution in [0.4, 0.5) is 4.79 Å². The average Bonchev–Trinajstić information content (AvgIpc) is 2.98. The Balaban J connectivity index is 1.80. The molecule has 1 fully saturated rings.